The van der Waals surface area contributed by atoms with Crippen molar-refractivity contribution in [2.24, 2.45) is 7.05 Å². The van der Waals surface area contributed by atoms with E-state index in [0.717, 1.165) is 12.1 Å². The third kappa shape index (κ3) is 2.15. The molecule has 0 atom stereocenters. The molecule has 7 heteroatoms. The monoisotopic (exact) mass is 252 g/mol. The molecule has 0 radical (unpaired) electrons. The molecule has 0 saturated heterocycles. The summed E-state index contributed by atoms with van der Waals surface area (Å²) in [5, 5.41) is 6.09. The van der Waals surface area contributed by atoms with Crippen LogP contribution in [0.1, 0.15) is 10.4 Å². The molecule has 3 N–H and O–H groups in total. The van der Waals surface area contributed by atoms with E-state index in [0.29, 0.717) is 6.07 Å². The molecule has 2 rings (SSSR count). The molecule has 2 aromatic rings. The minimum absolute atomic E-state index is 0.121. The first-order valence-corrected chi connectivity index (χ1v) is 5.03. The molecule has 0 unspecified atom stereocenters. The summed E-state index contributed by atoms with van der Waals surface area (Å²) in [7, 11) is 1.57. The molecule has 0 aliphatic rings. The number of hydrogen-bond donors (Lipinski definition) is 2. The van der Waals surface area contributed by atoms with Gasteiger partial charge in [0.2, 0.25) is 0 Å². The number of carbonyl (C=O) groups excluding carboxylic acids is 1. The molecule has 0 aliphatic carbocycles. The summed E-state index contributed by atoms with van der Waals surface area (Å²) < 4.78 is 27.3. The second-order valence-corrected chi connectivity index (χ2v) is 3.65. The smallest absolute Gasteiger partial charge is 0.261 e. The topological polar surface area (TPSA) is 72.9 Å². The van der Waals surface area contributed by atoms with Crippen LogP contribution in [0.2, 0.25) is 0 Å². The summed E-state index contributed by atoms with van der Waals surface area (Å²) in [6.07, 6.45) is 1.27. The van der Waals surface area contributed by atoms with Gasteiger partial charge in [-0.1, -0.05) is 0 Å². The van der Waals surface area contributed by atoms with Crippen molar-refractivity contribution < 1.29 is 13.6 Å². The first-order chi connectivity index (χ1) is 8.49. The van der Waals surface area contributed by atoms with Crippen molar-refractivity contribution in [2.45, 2.75) is 0 Å². The van der Waals surface area contributed by atoms with Gasteiger partial charge < -0.3 is 11.1 Å². The first-order valence-electron chi connectivity index (χ1n) is 5.03. The van der Waals surface area contributed by atoms with Crippen LogP contribution in [0, 0.1) is 11.6 Å². The number of aryl methyl sites for hydroxylation is 1. The van der Waals surface area contributed by atoms with Crippen LogP contribution in [0.5, 0.6) is 0 Å². The Morgan fingerprint density at radius 3 is 2.72 bits per heavy atom. The first kappa shape index (κ1) is 12.0. The van der Waals surface area contributed by atoms with Gasteiger partial charge >= 0.3 is 0 Å². The number of anilines is 2. The average Bonchev–Trinajstić information content (AvgIpc) is 2.64. The number of carbonyl (C=O) groups is 1. The van der Waals surface area contributed by atoms with E-state index in [2.05, 4.69) is 10.4 Å². The lowest BCUT2D eigenvalue weighted by molar-refractivity contribution is 0.102. The number of nitrogens with one attached hydrogen (secondary N) is 1. The second kappa shape index (κ2) is 4.44. The van der Waals surface area contributed by atoms with Gasteiger partial charge in [0.15, 0.2) is 0 Å². The van der Waals surface area contributed by atoms with E-state index >= 15 is 0 Å². The van der Waals surface area contributed by atoms with Gasteiger partial charge in [0.1, 0.15) is 23.0 Å². The number of nitrogen functional groups attached to an aromatic ring is 1. The number of nitrogens with two attached hydrogens (primary N) is 1. The van der Waals surface area contributed by atoms with Crippen LogP contribution in [-0.4, -0.2) is 15.7 Å². The summed E-state index contributed by atoms with van der Waals surface area (Å²) in [6, 6.07) is 2.86. The third-order valence-corrected chi connectivity index (χ3v) is 2.41. The van der Waals surface area contributed by atoms with Crippen LogP contribution in [0.4, 0.5) is 20.3 Å². The zero-order valence-corrected chi connectivity index (χ0v) is 9.45. The average molecular weight is 252 g/mol. The molecular weight excluding hydrogens is 242 g/mol. The number of benzene rings is 1. The van der Waals surface area contributed by atoms with Gasteiger partial charge in [0, 0.05) is 13.1 Å². The van der Waals surface area contributed by atoms with Crippen LogP contribution in [0.15, 0.2) is 24.4 Å². The molecular formula is C11H10F2N4O. The predicted octanol–water partition coefficient (Wildman–Crippen LogP) is 1.53. The number of halogens is 2. The Morgan fingerprint density at radius 1 is 1.44 bits per heavy atom. The van der Waals surface area contributed by atoms with Gasteiger partial charge in [-0.05, 0) is 12.1 Å². The van der Waals surface area contributed by atoms with Crippen LogP contribution in [0.3, 0.4) is 0 Å². The van der Waals surface area contributed by atoms with Gasteiger partial charge in [-0.25, -0.2) is 8.78 Å². The fraction of sp³-hybridized carbons (Fsp3) is 0.0909. The molecule has 1 aromatic heterocycles. The Morgan fingerprint density at radius 2 is 2.17 bits per heavy atom. The van der Waals surface area contributed by atoms with Crippen molar-refractivity contribution in [1.29, 1.82) is 0 Å². The highest BCUT2D eigenvalue weighted by Gasteiger charge is 2.15. The highest BCUT2D eigenvalue weighted by Crippen LogP contribution is 2.17. The quantitative estimate of drug-likeness (QED) is 0.851. The largest absolute Gasteiger partial charge is 0.383 e. The number of amides is 1. The predicted molar refractivity (Wildman–Crippen MR) is 61.9 cm³/mol. The molecule has 0 saturated carbocycles. The Bertz CT molecular complexity index is 609. The van der Waals surface area contributed by atoms with Gasteiger partial charge in [-0.2, -0.15) is 5.10 Å². The van der Waals surface area contributed by atoms with Crippen LogP contribution < -0.4 is 11.1 Å². The number of hydrogen-bond acceptors (Lipinski definition) is 3. The van der Waals surface area contributed by atoms with Crippen LogP contribution in [0.25, 0.3) is 0 Å². The van der Waals surface area contributed by atoms with Gasteiger partial charge in [0.05, 0.1) is 11.9 Å². The number of rotatable bonds is 2. The Kier molecular flexibility index (Phi) is 2.97. The van der Waals surface area contributed by atoms with Crippen molar-refractivity contribution in [3.8, 4) is 0 Å². The standard InChI is InChI=1S/C11H10F2N4O/c1-17-10(14)7(5-15-17)11(18)16-9-3-2-6(12)4-8(9)13/h2-5H,14H2,1H3,(H,16,18). The van der Waals surface area contributed by atoms with Crippen molar-refractivity contribution in [3.05, 3.63) is 41.6 Å². The van der Waals surface area contributed by atoms with E-state index in [1.165, 1.54) is 10.9 Å². The lowest BCUT2D eigenvalue weighted by atomic mass is 10.2. The summed E-state index contributed by atoms with van der Waals surface area (Å²) in [4.78, 5) is 11.8. The van der Waals surface area contributed by atoms with Crippen molar-refractivity contribution in [1.82, 2.24) is 9.78 Å². The van der Waals surface area contributed by atoms with Crippen molar-refractivity contribution in [2.75, 3.05) is 11.1 Å². The van der Waals surface area contributed by atoms with E-state index in [1.807, 2.05) is 0 Å². The molecule has 18 heavy (non-hydrogen) atoms. The van der Waals surface area contributed by atoms with Crippen molar-refractivity contribution in [3.63, 3.8) is 0 Å². The highest BCUT2D eigenvalue weighted by molar-refractivity contribution is 6.07. The molecule has 0 fully saturated rings. The van der Waals surface area contributed by atoms with E-state index in [9.17, 15) is 13.6 Å². The minimum atomic E-state index is -0.856. The number of aromatic nitrogens is 2. The highest BCUT2D eigenvalue weighted by atomic mass is 19.1. The second-order valence-electron chi connectivity index (χ2n) is 3.65. The van der Waals surface area contributed by atoms with E-state index in [4.69, 9.17) is 5.73 Å². The molecule has 0 aliphatic heterocycles. The fourth-order valence-corrected chi connectivity index (χ4v) is 1.40. The third-order valence-electron chi connectivity index (χ3n) is 2.41. The van der Waals surface area contributed by atoms with Crippen molar-refractivity contribution >= 4 is 17.4 Å². The van der Waals surface area contributed by atoms with Crippen LogP contribution in [-0.2, 0) is 7.05 Å². The lowest BCUT2D eigenvalue weighted by Gasteiger charge is -2.05. The molecule has 5 nitrogen and oxygen atoms in total. The Hall–Kier alpha value is -2.44. The normalized spacial score (nSPS) is 10.4. The van der Waals surface area contributed by atoms with E-state index in [1.54, 1.807) is 7.05 Å². The maximum atomic E-state index is 13.3. The summed E-state index contributed by atoms with van der Waals surface area (Å²) in [5.74, 6) is -2.02. The van der Waals surface area contributed by atoms with E-state index < -0.39 is 17.5 Å². The Labute approximate surface area is 101 Å². The number of nitrogens with zero attached hydrogens (tertiary/aromatic N) is 2. The van der Waals surface area contributed by atoms with Gasteiger partial charge in [-0.3, -0.25) is 9.48 Å². The minimum Gasteiger partial charge on any atom is -0.383 e. The maximum Gasteiger partial charge on any atom is 0.261 e. The molecule has 0 spiro atoms. The maximum absolute atomic E-state index is 13.3. The zero-order chi connectivity index (χ0) is 13.3. The lowest BCUT2D eigenvalue weighted by Crippen LogP contribution is -2.14. The van der Waals surface area contributed by atoms with E-state index in [-0.39, 0.29) is 17.1 Å². The summed E-state index contributed by atoms with van der Waals surface area (Å²) in [6.45, 7) is 0. The molecule has 1 amide bonds. The molecule has 94 valence electrons. The molecule has 1 aromatic carbocycles. The summed E-state index contributed by atoms with van der Waals surface area (Å²) in [5.41, 5.74) is 5.61. The van der Waals surface area contributed by atoms with Crippen LogP contribution >= 0.6 is 0 Å². The summed E-state index contributed by atoms with van der Waals surface area (Å²) >= 11 is 0. The fourth-order valence-electron chi connectivity index (χ4n) is 1.40. The Balaban J connectivity index is 2.24. The SMILES string of the molecule is Cn1ncc(C(=O)Nc2ccc(F)cc2F)c1N. The molecule has 0 bridgehead atoms. The zero-order valence-electron chi connectivity index (χ0n) is 9.45. The molecule has 1 heterocycles. The van der Waals surface area contributed by atoms with Gasteiger partial charge in [-0.15, -0.1) is 0 Å². The van der Waals surface area contributed by atoms with Gasteiger partial charge in [0.25, 0.3) is 5.91 Å².